The largest absolute Gasteiger partial charge is 0.459 e. The Labute approximate surface area is 219 Å². The van der Waals surface area contributed by atoms with Crippen molar-refractivity contribution in [2.75, 3.05) is 6.61 Å². The first-order valence-electron chi connectivity index (χ1n) is 11.6. The van der Waals surface area contributed by atoms with Gasteiger partial charge in [-0.05, 0) is 54.0 Å². The molecule has 2 aromatic heterocycles. The van der Waals surface area contributed by atoms with Crippen LogP contribution in [-0.2, 0) is 14.2 Å². The lowest BCUT2D eigenvalue weighted by atomic mass is 10.1. The van der Waals surface area contributed by atoms with Crippen molar-refractivity contribution in [3.63, 3.8) is 0 Å². The van der Waals surface area contributed by atoms with Crippen LogP contribution in [0.5, 0.6) is 0 Å². The number of aromatic nitrogens is 4. The van der Waals surface area contributed by atoms with Crippen molar-refractivity contribution in [1.82, 2.24) is 19.5 Å². The number of carbonyl (C=O) groups is 2. The second-order valence-corrected chi connectivity index (χ2v) is 9.57. The molecule has 5 rings (SSSR count). The van der Waals surface area contributed by atoms with Gasteiger partial charge in [-0.25, -0.2) is 19.6 Å². The first-order valence-corrected chi connectivity index (χ1v) is 12.4. The number of nitrogens with one attached hydrogen (secondary N) is 1. The molecule has 1 aliphatic rings. The van der Waals surface area contributed by atoms with Crippen molar-refractivity contribution in [2.24, 2.45) is 0 Å². The molecule has 0 radical (unpaired) electrons. The molecule has 11 heteroatoms. The van der Waals surface area contributed by atoms with Crippen molar-refractivity contribution in [3.8, 4) is 0 Å². The molecule has 0 saturated carbocycles. The van der Waals surface area contributed by atoms with Gasteiger partial charge in [-0.15, -0.1) is 0 Å². The molecule has 1 saturated heterocycles. The fraction of sp³-hybridized carbons (Fsp3) is 0.269. The van der Waals surface area contributed by atoms with Crippen LogP contribution in [-0.4, -0.2) is 50.3 Å². The van der Waals surface area contributed by atoms with Gasteiger partial charge < -0.3 is 14.2 Å². The molecule has 0 aliphatic carbocycles. The topological polar surface area (TPSA) is 125 Å². The third kappa shape index (κ3) is 5.32. The van der Waals surface area contributed by atoms with Crippen molar-refractivity contribution in [3.05, 3.63) is 92.2 Å². The highest BCUT2D eigenvalue weighted by atomic mass is 79.9. The highest BCUT2D eigenvalue weighted by molar-refractivity contribution is 9.10. The van der Waals surface area contributed by atoms with Crippen molar-refractivity contribution in [2.45, 2.75) is 38.7 Å². The van der Waals surface area contributed by atoms with Gasteiger partial charge in [-0.2, -0.15) is 0 Å². The molecule has 1 fully saturated rings. The van der Waals surface area contributed by atoms with Gasteiger partial charge in [0, 0.05) is 6.42 Å². The maximum absolute atomic E-state index is 12.9. The summed E-state index contributed by atoms with van der Waals surface area (Å²) in [6, 6.07) is 14.0. The summed E-state index contributed by atoms with van der Waals surface area (Å²) in [5.41, 5.74) is 2.89. The number of carbonyl (C=O) groups excluding carboxylic acids is 2. The minimum atomic E-state index is -0.753. The Balaban J connectivity index is 1.38. The summed E-state index contributed by atoms with van der Waals surface area (Å²) >= 11 is 3.19. The van der Waals surface area contributed by atoms with Crippen LogP contribution in [0.3, 0.4) is 0 Å². The first-order chi connectivity index (χ1) is 17.8. The highest BCUT2D eigenvalue weighted by Gasteiger charge is 2.40. The quantitative estimate of drug-likeness (QED) is 0.275. The Morgan fingerprint density at radius 1 is 1.05 bits per heavy atom. The SMILES string of the molecule is Cc1ccc(C(=O)OC[C@H]2O[C@@H](n3cnc4c(=O)[nH]c(Br)nc43)C[C@@H]2OC(=O)c2ccc(C)cc2)cc1. The summed E-state index contributed by atoms with van der Waals surface area (Å²) in [6.45, 7) is 3.71. The van der Waals surface area contributed by atoms with Gasteiger partial charge in [0.2, 0.25) is 0 Å². The zero-order chi connectivity index (χ0) is 26.1. The van der Waals surface area contributed by atoms with Gasteiger partial charge in [0.15, 0.2) is 15.9 Å². The smallest absolute Gasteiger partial charge is 0.338 e. The average molecular weight is 567 g/mol. The zero-order valence-corrected chi connectivity index (χ0v) is 21.6. The number of aryl methyl sites for hydroxylation is 2. The van der Waals surface area contributed by atoms with Crippen LogP contribution in [0.4, 0.5) is 0 Å². The number of nitrogens with zero attached hydrogens (tertiary/aromatic N) is 3. The fourth-order valence-corrected chi connectivity index (χ4v) is 4.43. The van der Waals surface area contributed by atoms with E-state index in [2.05, 4.69) is 30.9 Å². The monoisotopic (exact) mass is 566 g/mol. The predicted molar refractivity (Wildman–Crippen MR) is 136 cm³/mol. The molecule has 0 spiro atoms. The van der Waals surface area contributed by atoms with Gasteiger partial charge >= 0.3 is 11.9 Å². The van der Waals surface area contributed by atoms with E-state index in [4.69, 9.17) is 14.2 Å². The minimum Gasteiger partial charge on any atom is -0.459 e. The van der Waals surface area contributed by atoms with E-state index in [1.165, 1.54) is 6.33 Å². The summed E-state index contributed by atoms with van der Waals surface area (Å²) in [7, 11) is 0. The molecule has 3 heterocycles. The Kier molecular flexibility index (Phi) is 6.90. The summed E-state index contributed by atoms with van der Waals surface area (Å²) < 4.78 is 19.3. The van der Waals surface area contributed by atoms with Crippen LogP contribution in [0, 0.1) is 13.8 Å². The summed E-state index contributed by atoms with van der Waals surface area (Å²) in [5.74, 6) is -1.03. The number of ether oxygens (including phenoxy) is 3. The number of halogens is 1. The van der Waals surface area contributed by atoms with E-state index >= 15 is 0 Å². The summed E-state index contributed by atoms with van der Waals surface area (Å²) in [5, 5.41) is 0. The predicted octanol–water partition coefficient (Wildman–Crippen LogP) is 3.87. The third-order valence-electron chi connectivity index (χ3n) is 6.11. The highest BCUT2D eigenvalue weighted by Crippen LogP contribution is 2.33. The van der Waals surface area contributed by atoms with Crippen LogP contribution in [0.2, 0.25) is 0 Å². The second-order valence-electron chi connectivity index (χ2n) is 8.82. The van der Waals surface area contributed by atoms with Gasteiger partial charge in [-0.1, -0.05) is 35.4 Å². The number of aromatic amines is 1. The summed E-state index contributed by atoms with van der Waals surface area (Å²) in [4.78, 5) is 48.7. The second kappa shape index (κ2) is 10.3. The lowest BCUT2D eigenvalue weighted by Gasteiger charge is -2.19. The van der Waals surface area contributed by atoms with Gasteiger partial charge in [0.1, 0.15) is 25.0 Å². The average Bonchev–Trinajstić information content (AvgIpc) is 3.47. The number of hydrogen-bond donors (Lipinski definition) is 1. The Morgan fingerprint density at radius 3 is 2.32 bits per heavy atom. The van der Waals surface area contributed by atoms with Crippen LogP contribution >= 0.6 is 15.9 Å². The lowest BCUT2D eigenvalue weighted by molar-refractivity contribution is -0.0563. The number of H-pyrrole nitrogens is 1. The molecule has 0 amide bonds. The molecule has 2 aromatic carbocycles. The standard InChI is InChI=1S/C26H23BrN4O6/c1-14-3-7-16(8-4-14)24(33)35-12-19-18(37-25(34)17-9-5-15(2)6-10-17)11-20(36-19)31-13-28-21-22(31)29-26(27)30-23(21)32/h3-10,13,18-20H,11-12H2,1-2H3,(H,29,30,32)/t18-,19+,20+/m0/s1. The minimum absolute atomic E-state index is 0.139. The molecule has 0 bridgehead atoms. The molecular formula is C26H23BrN4O6. The van der Waals surface area contributed by atoms with E-state index in [0.29, 0.717) is 16.8 Å². The number of imidazole rings is 1. The van der Waals surface area contributed by atoms with Crippen LogP contribution in [0.25, 0.3) is 11.2 Å². The maximum atomic E-state index is 12.9. The van der Waals surface area contributed by atoms with Crippen LogP contribution in [0.15, 0.2) is 64.4 Å². The van der Waals surface area contributed by atoms with E-state index < -0.39 is 35.9 Å². The number of rotatable bonds is 6. The molecule has 190 valence electrons. The Morgan fingerprint density at radius 2 is 1.68 bits per heavy atom. The molecule has 0 unspecified atom stereocenters. The number of esters is 2. The molecular weight excluding hydrogens is 544 g/mol. The van der Waals surface area contributed by atoms with Crippen molar-refractivity contribution < 1.29 is 23.8 Å². The zero-order valence-electron chi connectivity index (χ0n) is 20.0. The van der Waals surface area contributed by atoms with Crippen molar-refractivity contribution >= 4 is 39.0 Å². The molecule has 10 nitrogen and oxygen atoms in total. The fourth-order valence-electron chi connectivity index (χ4n) is 4.08. The Bertz CT molecular complexity index is 1510. The molecule has 4 aromatic rings. The normalized spacial score (nSPS) is 19.2. The van der Waals surface area contributed by atoms with Gasteiger partial charge in [0.05, 0.1) is 17.5 Å². The first kappa shape index (κ1) is 24.8. The van der Waals surface area contributed by atoms with E-state index in [-0.39, 0.29) is 23.3 Å². The maximum Gasteiger partial charge on any atom is 0.338 e. The molecule has 1 aliphatic heterocycles. The van der Waals surface area contributed by atoms with Gasteiger partial charge in [-0.3, -0.25) is 14.3 Å². The van der Waals surface area contributed by atoms with Crippen LogP contribution < -0.4 is 5.56 Å². The van der Waals surface area contributed by atoms with E-state index in [1.54, 1.807) is 28.8 Å². The molecule has 3 atom stereocenters. The molecule has 1 N–H and O–H groups in total. The van der Waals surface area contributed by atoms with E-state index in [0.717, 1.165) is 11.1 Å². The van der Waals surface area contributed by atoms with E-state index in [1.807, 2.05) is 38.1 Å². The number of hydrogen-bond acceptors (Lipinski definition) is 8. The van der Waals surface area contributed by atoms with Crippen LogP contribution in [0.1, 0.15) is 44.5 Å². The number of benzene rings is 2. The Hall–Kier alpha value is -3.83. The number of fused-ring (bicyclic) bond motifs is 1. The third-order valence-corrected chi connectivity index (χ3v) is 6.48. The molecule has 37 heavy (non-hydrogen) atoms. The summed E-state index contributed by atoms with van der Waals surface area (Å²) in [6.07, 6.45) is -0.458. The lowest BCUT2D eigenvalue weighted by Crippen LogP contribution is -2.32. The van der Waals surface area contributed by atoms with Gasteiger partial charge in [0.25, 0.3) is 5.56 Å². The van der Waals surface area contributed by atoms with Crippen molar-refractivity contribution in [1.29, 1.82) is 0 Å². The van der Waals surface area contributed by atoms with E-state index in [9.17, 15) is 14.4 Å².